The van der Waals surface area contributed by atoms with Gasteiger partial charge in [-0.15, -0.1) is 0 Å². The summed E-state index contributed by atoms with van der Waals surface area (Å²) < 4.78 is 0. The average molecular weight is 368 g/mol. The molecule has 5 rings (SSSR count). The number of fused-ring (bicyclic) bond motifs is 3. The first-order chi connectivity index (χ1) is 12.6. The molecule has 3 fully saturated rings. The fraction of sp³-hybridized carbons (Fsp3) is 0.429. The number of hydrogen-bond donors (Lipinski definition) is 1. The molecule has 3 aliphatic heterocycles. The number of nitrogens with zero attached hydrogens (tertiary/aromatic N) is 2. The Balaban J connectivity index is 1.41. The highest BCUT2D eigenvalue weighted by Crippen LogP contribution is 2.32. The van der Waals surface area contributed by atoms with Crippen LogP contribution in [0.1, 0.15) is 35.7 Å². The second-order valence-electron chi connectivity index (χ2n) is 7.44. The number of pyridine rings is 1. The molecule has 1 N–H and O–H groups in total. The first-order valence-electron chi connectivity index (χ1n) is 9.34. The number of rotatable bonds is 4. The summed E-state index contributed by atoms with van der Waals surface area (Å²) >= 11 is 1.67. The van der Waals surface area contributed by atoms with Crippen molar-refractivity contribution < 1.29 is 4.79 Å². The lowest BCUT2D eigenvalue weighted by atomic mass is 9.79. The molecule has 2 aromatic rings. The Labute approximate surface area is 159 Å². The molecule has 3 aliphatic rings. The Bertz CT molecular complexity index is 782. The highest BCUT2D eigenvalue weighted by molar-refractivity contribution is 7.99. The quantitative estimate of drug-likeness (QED) is 0.894. The van der Waals surface area contributed by atoms with Crippen LogP contribution in [-0.2, 0) is 0 Å². The third kappa shape index (κ3) is 3.64. The molecular formula is C21H25N3OS. The molecule has 0 spiro atoms. The van der Waals surface area contributed by atoms with Gasteiger partial charge >= 0.3 is 0 Å². The molecule has 5 heteroatoms. The number of carbonyl (C=O) groups is 1. The van der Waals surface area contributed by atoms with Crippen LogP contribution < -0.4 is 5.32 Å². The molecular weight excluding hydrogens is 342 g/mol. The van der Waals surface area contributed by atoms with Gasteiger partial charge in [0, 0.05) is 39.8 Å². The number of benzene rings is 1. The Morgan fingerprint density at radius 3 is 2.54 bits per heavy atom. The van der Waals surface area contributed by atoms with E-state index < -0.39 is 0 Å². The Kier molecular flexibility index (Phi) is 5.00. The van der Waals surface area contributed by atoms with Crippen LogP contribution in [0.25, 0.3) is 0 Å². The topological polar surface area (TPSA) is 45.2 Å². The Morgan fingerprint density at radius 1 is 1.15 bits per heavy atom. The predicted molar refractivity (Wildman–Crippen MR) is 105 cm³/mol. The minimum Gasteiger partial charge on any atom is -0.347 e. The van der Waals surface area contributed by atoms with Crippen LogP contribution in [0.2, 0.25) is 0 Å². The minimum absolute atomic E-state index is 0.0457. The van der Waals surface area contributed by atoms with E-state index in [2.05, 4.69) is 28.2 Å². The third-order valence-electron chi connectivity index (χ3n) is 5.68. The van der Waals surface area contributed by atoms with Gasteiger partial charge in [-0.2, -0.15) is 0 Å². The van der Waals surface area contributed by atoms with Crippen molar-refractivity contribution in [1.82, 2.24) is 15.2 Å². The van der Waals surface area contributed by atoms with Crippen LogP contribution in [0, 0.1) is 12.8 Å². The van der Waals surface area contributed by atoms with E-state index in [0.717, 1.165) is 20.9 Å². The first kappa shape index (κ1) is 17.6. The summed E-state index contributed by atoms with van der Waals surface area (Å²) in [6, 6.07) is 10.7. The van der Waals surface area contributed by atoms with E-state index in [9.17, 15) is 4.79 Å². The van der Waals surface area contributed by atoms with Crippen LogP contribution in [0.15, 0.2) is 52.5 Å². The molecule has 1 aromatic carbocycles. The van der Waals surface area contributed by atoms with Gasteiger partial charge in [-0.25, -0.2) is 0 Å². The predicted octanol–water partition coefficient (Wildman–Crippen LogP) is 3.75. The van der Waals surface area contributed by atoms with Crippen molar-refractivity contribution in [2.75, 3.05) is 13.1 Å². The fourth-order valence-electron chi connectivity index (χ4n) is 4.17. The third-order valence-corrected chi connectivity index (χ3v) is 6.64. The van der Waals surface area contributed by atoms with Crippen molar-refractivity contribution in [3.05, 3.63) is 53.9 Å². The van der Waals surface area contributed by atoms with Gasteiger partial charge in [0.05, 0.1) is 0 Å². The summed E-state index contributed by atoms with van der Waals surface area (Å²) in [7, 11) is 0. The summed E-state index contributed by atoms with van der Waals surface area (Å²) in [5.41, 5.74) is 1.89. The molecule has 1 amide bonds. The second kappa shape index (κ2) is 7.41. The molecule has 4 nitrogen and oxygen atoms in total. The lowest BCUT2D eigenvalue weighted by Gasteiger charge is -2.49. The number of amides is 1. The van der Waals surface area contributed by atoms with E-state index >= 15 is 0 Å². The van der Waals surface area contributed by atoms with Gasteiger partial charge in [-0.1, -0.05) is 11.8 Å². The van der Waals surface area contributed by atoms with Gasteiger partial charge in [0.25, 0.3) is 5.91 Å². The van der Waals surface area contributed by atoms with Crippen molar-refractivity contribution in [1.29, 1.82) is 0 Å². The number of hydrogen-bond acceptors (Lipinski definition) is 4. The van der Waals surface area contributed by atoms with Crippen molar-refractivity contribution in [3.8, 4) is 0 Å². The molecule has 2 atom stereocenters. The van der Waals surface area contributed by atoms with E-state index in [0.29, 0.717) is 12.0 Å². The molecule has 2 bridgehead atoms. The lowest BCUT2D eigenvalue weighted by molar-refractivity contribution is 0.0217. The van der Waals surface area contributed by atoms with Gasteiger partial charge in [0.2, 0.25) is 0 Å². The largest absolute Gasteiger partial charge is 0.347 e. The minimum atomic E-state index is 0.0457. The van der Waals surface area contributed by atoms with Crippen LogP contribution in [-0.4, -0.2) is 41.0 Å². The van der Waals surface area contributed by atoms with E-state index in [4.69, 9.17) is 0 Å². The lowest BCUT2D eigenvalue weighted by Crippen LogP contribution is -2.62. The number of nitrogens with one attached hydrogen (secondary N) is 1. The summed E-state index contributed by atoms with van der Waals surface area (Å²) in [4.78, 5) is 21.7. The average Bonchev–Trinajstić information content (AvgIpc) is 2.65. The number of carbonyl (C=O) groups excluding carboxylic acids is 1. The van der Waals surface area contributed by atoms with Crippen LogP contribution in [0.5, 0.6) is 0 Å². The zero-order chi connectivity index (χ0) is 18.1. The maximum absolute atomic E-state index is 12.7. The van der Waals surface area contributed by atoms with Crippen molar-refractivity contribution in [3.63, 3.8) is 0 Å². The summed E-state index contributed by atoms with van der Waals surface area (Å²) in [6.45, 7) is 6.64. The summed E-state index contributed by atoms with van der Waals surface area (Å²) in [5.74, 6) is 0.673. The molecule has 1 aromatic heterocycles. The zero-order valence-corrected chi connectivity index (χ0v) is 16.1. The van der Waals surface area contributed by atoms with Crippen LogP contribution in [0.3, 0.4) is 0 Å². The van der Waals surface area contributed by atoms with Gasteiger partial charge in [0.15, 0.2) is 0 Å². The van der Waals surface area contributed by atoms with Crippen LogP contribution >= 0.6 is 11.8 Å². The molecule has 0 radical (unpaired) electrons. The zero-order valence-electron chi connectivity index (χ0n) is 15.3. The molecule has 136 valence electrons. The highest BCUT2D eigenvalue weighted by atomic mass is 32.2. The van der Waals surface area contributed by atoms with Gasteiger partial charge in [0.1, 0.15) is 0 Å². The fourth-order valence-corrected chi connectivity index (χ4v) is 5.08. The molecule has 0 saturated carbocycles. The first-order valence-corrected chi connectivity index (χ1v) is 10.2. The summed E-state index contributed by atoms with van der Waals surface area (Å²) in [6.07, 6.45) is 6.13. The smallest absolute Gasteiger partial charge is 0.251 e. The molecule has 26 heavy (non-hydrogen) atoms. The maximum Gasteiger partial charge on any atom is 0.251 e. The van der Waals surface area contributed by atoms with Crippen LogP contribution in [0.4, 0.5) is 0 Å². The monoisotopic (exact) mass is 367 g/mol. The molecule has 0 unspecified atom stereocenters. The number of aryl methyl sites for hydroxylation is 1. The van der Waals surface area contributed by atoms with E-state index in [1.807, 2.05) is 43.6 Å². The molecule has 0 aliphatic carbocycles. The highest BCUT2D eigenvalue weighted by Gasteiger charge is 2.40. The van der Waals surface area contributed by atoms with E-state index in [-0.39, 0.29) is 11.9 Å². The molecule has 4 heterocycles. The van der Waals surface area contributed by atoms with Gasteiger partial charge < -0.3 is 5.32 Å². The standard InChI is InChI=1S/C21H25N3OS/c1-14-11-19(13-22-12-14)26-18-5-3-17(4-6-18)21(25)23-20-15(2)24-9-7-16(20)8-10-24/h3-6,11-13,15-16,20H,7-10H2,1-2H3,(H,23,25)/t15-,20+/m1/s1. The molecule has 3 saturated heterocycles. The normalized spacial score (nSPS) is 27.3. The summed E-state index contributed by atoms with van der Waals surface area (Å²) in [5, 5.41) is 3.30. The van der Waals surface area contributed by atoms with Crippen molar-refractivity contribution in [2.24, 2.45) is 5.92 Å². The number of piperidine rings is 3. The van der Waals surface area contributed by atoms with E-state index in [1.165, 1.54) is 25.9 Å². The van der Waals surface area contributed by atoms with Gasteiger partial charge in [-0.3, -0.25) is 14.7 Å². The Morgan fingerprint density at radius 2 is 1.88 bits per heavy atom. The maximum atomic E-state index is 12.7. The Hall–Kier alpha value is -1.85. The SMILES string of the molecule is Cc1cncc(Sc2ccc(C(=O)N[C@@H]3C4CCN(CC4)[C@@H]3C)cc2)c1. The van der Waals surface area contributed by atoms with E-state index in [1.54, 1.807) is 11.8 Å². The second-order valence-corrected chi connectivity index (χ2v) is 8.58. The van der Waals surface area contributed by atoms with Gasteiger partial charge in [-0.05, 0) is 81.6 Å². The number of aromatic nitrogens is 1. The van der Waals surface area contributed by atoms with Crippen molar-refractivity contribution in [2.45, 2.75) is 48.6 Å². The van der Waals surface area contributed by atoms with Crippen molar-refractivity contribution >= 4 is 17.7 Å².